The van der Waals surface area contributed by atoms with E-state index in [4.69, 9.17) is 9.47 Å². The maximum Gasteiger partial charge on any atom is 0.246 e. The lowest BCUT2D eigenvalue weighted by atomic mass is 10.2. The molecule has 1 amide bonds. The van der Waals surface area contributed by atoms with Gasteiger partial charge < -0.3 is 14.4 Å². The first-order valence-corrected chi connectivity index (χ1v) is 9.19. The fraction of sp³-hybridized carbons (Fsp3) is 0.438. The molecule has 1 aliphatic heterocycles. The van der Waals surface area contributed by atoms with Gasteiger partial charge in [-0.15, -0.1) is 0 Å². The number of hydrogen-bond acceptors (Lipinski definition) is 5. The smallest absolute Gasteiger partial charge is 0.246 e. The number of likely N-dealkylation sites (N-methyl/N-ethyl adjacent to an activating group) is 1. The van der Waals surface area contributed by atoms with Gasteiger partial charge in [0.25, 0.3) is 0 Å². The summed E-state index contributed by atoms with van der Waals surface area (Å²) in [5.41, 5.74) is 0.810. The van der Waals surface area contributed by atoms with Crippen molar-refractivity contribution < 1.29 is 22.7 Å². The Morgan fingerprint density at radius 2 is 2.04 bits per heavy atom. The van der Waals surface area contributed by atoms with Crippen LogP contribution in [0.5, 0.6) is 11.5 Å². The van der Waals surface area contributed by atoms with Crippen molar-refractivity contribution in [1.82, 2.24) is 4.90 Å². The van der Waals surface area contributed by atoms with Gasteiger partial charge in [0.15, 0.2) is 21.3 Å². The number of benzene rings is 1. The van der Waals surface area contributed by atoms with Crippen molar-refractivity contribution >= 4 is 21.8 Å². The predicted molar refractivity (Wildman–Crippen MR) is 88.2 cm³/mol. The Balaban J connectivity index is 2.00. The fourth-order valence-electron chi connectivity index (χ4n) is 2.12. The zero-order chi connectivity index (χ0) is 17.0. The summed E-state index contributed by atoms with van der Waals surface area (Å²) >= 11 is 0. The second kappa shape index (κ2) is 7.04. The Morgan fingerprint density at radius 1 is 1.35 bits per heavy atom. The molecule has 23 heavy (non-hydrogen) atoms. The molecule has 126 valence electrons. The lowest BCUT2D eigenvalue weighted by Crippen LogP contribution is -2.38. The number of carbonyl (C=O) groups is 1. The number of amides is 1. The molecule has 0 aliphatic carbocycles. The third-order valence-electron chi connectivity index (χ3n) is 3.76. The van der Waals surface area contributed by atoms with Gasteiger partial charge in [-0.2, -0.15) is 0 Å². The first-order chi connectivity index (χ1) is 10.8. The molecule has 0 radical (unpaired) electrons. The van der Waals surface area contributed by atoms with Gasteiger partial charge in [0.1, 0.15) is 0 Å². The SMILES string of the molecule is CCS(=O)(=O)C[C@@H](C)N(C)C(=O)/C=C\c1ccc2c(c1)OCO2. The van der Waals surface area contributed by atoms with Gasteiger partial charge in [-0.25, -0.2) is 8.42 Å². The first kappa shape index (κ1) is 17.3. The normalized spacial score (nSPS) is 14.9. The second-order valence-corrected chi connectivity index (χ2v) is 7.84. The molecule has 0 unspecified atom stereocenters. The summed E-state index contributed by atoms with van der Waals surface area (Å²) in [7, 11) is -1.52. The molecule has 1 aliphatic rings. The van der Waals surface area contributed by atoms with Crippen LogP contribution in [0, 0.1) is 0 Å². The van der Waals surface area contributed by atoms with Gasteiger partial charge >= 0.3 is 0 Å². The summed E-state index contributed by atoms with van der Waals surface area (Å²) in [4.78, 5) is 13.6. The van der Waals surface area contributed by atoms with E-state index in [1.807, 2.05) is 6.07 Å². The molecule has 1 aromatic carbocycles. The Kier molecular flexibility index (Phi) is 5.30. The van der Waals surface area contributed by atoms with Gasteiger partial charge in [-0.3, -0.25) is 4.79 Å². The molecule has 1 aromatic rings. The number of rotatable bonds is 6. The highest BCUT2D eigenvalue weighted by Gasteiger charge is 2.20. The highest BCUT2D eigenvalue weighted by molar-refractivity contribution is 7.91. The summed E-state index contributed by atoms with van der Waals surface area (Å²) in [6.07, 6.45) is 3.09. The zero-order valence-electron chi connectivity index (χ0n) is 13.5. The predicted octanol–water partition coefficient (Wildman–Crippen LogP) is 1.71. The third kappa shape index (κ3) is 4.48. The van der Waals surface area contributed by atoms with E-state index < -0.39 is 9.84 Å². The molecule has 2 rings (SSSR count). The van der Waals surface area contributed by atoms with Crippen molar-refractivity contribution in [3.8, 4) is 11.5 Å². The fourth-order valence-corrected chi connectivity index (χ4v) is 3.31. The Labute approximate surface area is 136 Å². The third-order valence-corrected chi connectivity index (χ3v) is 5.63. The largest absolute Gasteiger partial charge is 0.454 e. The van der Waals surface area contributed by atoms with Gasteiger partial charge in [0, 0.05) is 24.9 Å². The lowest BCUT2D eigenvalue weighted by Gasteiger charge is -2.23. The summed E-state index contributed by atoms with van der Waals surface area (Å²) in [6.45, 7) is 3.52. The summed E-state index contributed by atoms with van der Waals surface area (Å²) in [6, 6.07) is 5.01. The van der Waals surface area contributed by atoms with E-state index in [2.05, 4.69) is 0 Å². The van der Waals surface area contributed by atoms with Crippen LogP contribution in [0.1, 0.15) is 19.4 Å². The number of fused-ring (bicyclic) bond motifs is 1. The topological polar surface area (TPSA) is 72.9 Å². The van der Waals surface area contributed by atoms with Gasteiger partial charge in [-0.05, 0) is 30.7 Å². The van der Waals surface area contributed by atoms with E-state index in [1.54, 1.807) is 39.1 Å². The van der Waals surface area contributed by atoms with E-state index in [0.717, 1.165) is 5.56 Å². The van der Waals surface area contributed by atoms with Crippen LogP contribution in [0.25, 0.3) is 6.08 Å². The summed E-state index contributed by atoms with van der Waals surface area (Å²) < 4.78 is 33.8. The van der Waals surface area contributed by atoms with E-state index >= 15 is 0 Å². The van der Waals surface area contributed by atoms with Crippen LogP contribution in [0.3, 0.4) is 0 Å². The average molecular weight is 339 g/mol. The molecule has 0 N–H and O–H groups in total. The first-order valence-electron chi connectivity index (χ1n) is 7.37. The molecular weight excluding hydrogens is 318 g/mol. The van der Waals surface area contributed by atoms with E-state index in [-0.39, 0.29) is 30.2 Å². The van der Waals surface area contributed by atoms with Crippen LogP contribution in [0.4, 0.5) is 0 Å². The molecule has 0 bridgehead atoms. The van der Waals surface area contributed by atoms with E-state index in [9.17, 15) is 13.2 Å². The second-order valence-electron chi connectivity index (χ2n) is 5.44. The van der Waals surface area contributed by atoms with Crippen LogP contribution >= 0.6 is 0 Å². The van der Waals surface area contributed by atoms with E-state index in [1.165, 1.54) is 11.0 Å². The summed E-state index contributed by atoms with van der Waals surface area (Å²) in [5.74, 6) is 1.12. The van der Waals surface area contributed by atoms with Gasteiger partial charge in [0.05, 0.1) is 5.75 Å². The Bertz CT molecular complexity index is 711. The van der Waals surface area contributed by atoms with Crippen molar-refractivity contribution in [3.05, 3.63) is 29.8 Å². The number of ether oxygens (including phenoxy) is 2. The van der Waals surface area contributed by atoms with Crippen molar-refractivity contribution in [1.29, 1.82) is 0 Å². The number of carbonyl (C=O) groups excluding carboxylic acids is 1. The average Bonchev–Trinajstić information content (AvgIpc) is 2.99. The quantitative estimate of drug-likeness (QED) is 0.738. The maximum absolute atomic E-state index is 12.2. The molecule has 6 nitrogen and oxygen atoms in total. The highest BCUT2D eigenvalue weighted by Crippen LogP contribution is 2.32. The monoisotopic (exact) mass is 339 g/mol. The minimum absolute atomic E-state index is 0.0381. The van der Waals surface area contributed by atoms with Crippen LogP contribution in [-0.4, -0.2) is 50.6 Å². The molecule has 7 heteroatoms. The van der Waals surface area contributed by atoms with Crippen LogP contribution < -0.4 is 9.47 Å². The van der Waals surface area contributed by atoms with E-state index in [0.29, 0.717) is 11.5 Å². The molecule has 0 spiro atoms. The van der Waals surface area contributed by atoms with Crippen molar-refractivity contribution in [2.24, 2.45) is 0 Å². The maximum atomic E-state index is 12.2. The van der Waals surface area contributed by atoms with Crippen LogP contribution in [0.2, 0.25) is 0 Å². The molecular formula is C16H21NO5S. The van der Waals surface area contributed by atoms with Crippen LogP contribution in [0.15, 0.2) is 24.3 Å². The minimum Gasteiger partial charge on any atom is -0.454 e. The number of sulfone groups is 1. The molecule has 1 atom stereocenters. The van der Waals surface area contributed by atoms with Crippen molar-refractivity contribution in [2.75, 3.05) is 25.3 Å². The highest BCUT2D eigenvalue weighted by atomic mass is 32.2. The summed E-state index contributed by atoms with van der Waals surface area (Å²) in [5, 5.41) is 0. The van der Waals surface area contributed by atoms with Crippen molar-refractivity contribution in [3.63, 3.8) is 0 Å². The molecule has 0 saturated carbocycles. The van der Waals surface area contributed by atoms with Crippen molar-refractivity contribution in [2.45, 2.75) is 19.9 Å². The van der Waals surface area contributed by atoms with Gasteiger partial charge in [-0.1, -0.05) is 13.0 Å². The minimum atomic E-state index is -3.12. The number of nitrogens with zero attached hydrogens (tertiary/aromatic N) is 1. The van der Waals surface area contributed by atoms with Crippen LogP contribution in [-0.2, 0) is 14.6 Å². The standard InChI is InChI=1S/C16H21NO5S/c1-4-23(19,20)10-12(2)17(3)16(18)8-6-13-5-7-14-15(9-13)22-11-21-14/h5-9,12H,4,10-11H2,1-3H3/b8-6-/t12-/m1/s1. The molecule has 0 saturated heterocycles. The Hall–Kier alpha value is -2.02. The molecule has 0 fully saturated rings. The van der Waals surface area contributed by atoms with Gasteiger partial charge in [0.2, 0.25) is 12.7 Å². The molecule has 1 heterocycles. The number of hydrogen-bond donors (Lipinski definition) is 0. The molecule has 0 aromatic heterocycles. The zero-order valence-corrected chi connectivity index (χ0v) is 14.3. The Morgan fingerprint density at radius 3 is 2.74 bits per heavy atom. The lowest BCUT2D eigenvalue weighted by molar-refractivity contribution is -0.126.